The van der Waals surface area contributed by atoms with Crippen molar-refractivity contribution in [3.8, 4) is 0 Å². The molecule has 0 aliphatic rings. The van der Waals surface area contributed by atoms with Crippen LogP contribution in [0, 0.1) is 6.92 Å². The predicted molar refractivity (Wildman–Crippen MR) is 123 cm³/mol. The van der Waals surface area contributed by atoms with Crippen LogP contribution in [0.15, 0.2) is 72.9 Å². The number of benzene rings is 2. The van der Waals surface area contributed by atoms with E-state index >= 15 is 0 Å². The third kappa shape index (κ3) is 5.78. The van der Waals surface area contributed by atoms with E-state index in [0.717, 1.165) is 11.1 Å². The summed E-state index contributed by atoms with van der Waals surface area (Å²) in [7, 11) is 3.24. The van der Waals surface area contributed by atoms with Crippen molar-refractivity contribution < 1.29 is 14.4 Å². The van der Waals surface area contributed by atoms with Gasteiger partial charge in [0.05, 0.1) is 23.0 Å². The Morgan fingerprint density at radius 1 is 0.906 bits per heavy atom. The fourth-order valence-electron chi connectivity index (χ4n) is 3.19. The Labute approximate surface area is 187 Å². The maximum atomic E-state index is 12.7. The molecule has 2 N–H and O–H groups in total. The van der Waals surface area contributed by atoms with E-state index in [0.29, 0.717) is 17.7 Å². The van der Waals surface area contributed by atoms with E-state index in [4.69, 9.17) is 0 Å². The first-order chi connectivity index (χ1) is 15.3. The fraction of sp³-hybridized carbons (Fsp3) is 0.200. The summed E-state index contributed by atoms with van der Waals surface area (Å²) in [5.41, 5.74) is 3.38. The molecule has 0 saturated heterocycles. The van der Waals surface area contributed by atoms with Crippen molar-refractivity contribution in [3.05, 3.63) is 95.3 Å². The highest BCUT2D eigenvalue weighted by atomic mass is 16.2. The third-order valence-corrected chi connectivity index (χ3v) is 4.93. The van der Waals surface area contributed by atoms with Crippen molar-refractivity contribution in [3.63, 3.8) is 0 Å². The van der Waals surface area contributed by atoms with E-state index in [9.17, 15) is 14.4 Å². The molecule has 0 bridgehead atoms. The number of nitrogens with one attached hydrogen (secondary N) is 2. The number of nitrogens with zero attached hydrogens (tertiary/aromatic N) is 2. The fourth-order valence-corrected chi connectivity index (χ4v) is 3.19. The van der Waals surface area contributed by atoms with E-state index < -0.39 is 17.9 Å². The van der Waals surface area contributed by atoms with Gasteiger partial charge in [-0.2, -0.15) is 0 Å². The Balaban J connectivity index is 1.77. The second-order valence-corrected chi connectivity index (χ2v) is 7.67. The van der Waals surface area contributed by atoms with Crippen LogP contribution in [0.5, 0.6) is 0 Å². The largest absolute Gasteiger partial charge is 0.345 e. The minimum absolute atomic E-state index is 0.271. The van der Waals surface area contributed by atoms with Crippen molar-refractivity contribution in [2.24, 2.45) is 0 Å². The Hall–Kier alpha value is -4.00. The Morgan fingerprint density at radius 2 is 1.59 bits per heavy atom. The highest BCUT2D eigenvalue weighted by molar-refractivity contribution is 6.40. The number of hydrogen-bond donors (Lipinski definition) is 2. The summed E-state index contributed by atoms with van der Waals surface area (Å²) in [6.07, 6.45) is 2.12. The van der Waals surface area contributed by atoms with E-state index in [-0.39, 0.29) is 11.6 Å². The normalized spacial score (nSPS) is 11.3. The quantitative estimate of drug-likeness (QED) is 0.588. The van der Waals surface area contributed by atoms with Gasteiger partial charge in [0, 0.05) is 20.3 Å². The number of rotatable bonds is 6. The average Bonchev–Trinajstić information content (AvgIpc) is 2.80. The molecule has 0 aliphatic carbocycles. The van der Waals surface area contributed by atoms with Gasteiger partial charge in [0.2, 0.25) is 0 Å². The van der Waals surface area contributed by atoms with Crippen LogP contribution in [0.25, 0.3) is 0 Å². The molecule has 7 nitrogen and oxygen atoms in total. The molecule has 0 aliphatic heterocycles. The van der Waals surface area contributed by atoms with Crippen molar-refractivity contribution in [2.45, 2.75) is 19.4 Å². The summed E-state index contributed by atoms with van der Waals surface area (Å²) in [5.74, 6) is -1.93. The second-order valence-electron chi connectivity index (χ2n) is 7.67. The highest BCUT2D eigenvalue weighted by Crippen LogP contribution is 2.19. The van der Waals surface area contributed by atoms with Crippen LogP contribution in [-0.4, -0.2) is 41.7 Å². The summed E-state index contributed by atoms with van der Waals surface area (Å²) in [6, 6.07) is 19.5. The lowest BCUT2D eigenvalue weighted by molar-refractivity contribution is -0.136. The van der Waals surface area contributed by atoms with Crippen LogP contribution in [0.3, 0.4) is 0 Å². The lowest BCUT2D eigenvalue weighted by Crippen LogP contribution is -2.39. The standard InChI is InChI=1S/C25H26N4O3/c1-17-11-13-18(14-12-17)16-22(21-10-6-7-15-26-21)28-24(31)23(30)27-20-9-5-4-8-19(20)25(32)29(2)3/h4-15,22H,16H2,1-3H3,(H,27,30)(H,28,31). The zero-order valence-electron chi connectivity index (χ0n) is 18.3. The Bertz CT molecular complexity index is 1100. The lowest BCUT2D eigenvalue weighted by atomic mass is 10.0. The van der Waals surface area contributed by atoms with Crippen LogP contribution in [0.2, 0.25) is 0 Å². The lowest BCUT2D eigenvalue weighted by Gasteiger charge is -2.19. The van der Waals surface area contributed by atoms with Gasteiger partial charge in [-0.25, -0.2) is 0 Å². The highest BCUT2D eigenvalue weighted by Gasteiger charge is 2.23. The van der Waals surface area contributed by atoms with Crippen LogP contribution in [0.1, 0.15) is 33.2 Å². The number of aryl methyl sites for hydroxylation is 1. The van der Waals surface area contributed by atoms with Gasteiger partial charge in [0.15, 0.2) is 0 Å². The Morgan fingerprint density at radius 3 is 2.25 bits per heavy atom. The smallest absolute Gasteiger partial charge is 0.313 e. The molecule has 1 heterocycles. The molecular weight excluding hydrogens is 404 g/mol. The number of aromatic nitrogens is 1. The van der Waals surface area contributed by atoms with Crippen molar-refractivity contribution in [2.75, 3.05) is 19.4 Å². The molecule has 7 heteroatoms. The van der Waals surface area contributed by atoms with Gasteiger partial charge < -0.3 is 15.5 Å². The molecule has 1 atom stereocenters. The molecular formula is C25H26N4O3. The van der Waals surface area contributed by atoms with Gasteiger partial charge in [-0.1, -0.05) is 48.0 Å². The first-order valence-corrected chi connectivity index (χ1v) is 10.2. The van der Waals surface area contributed by atoms with Crippen LogP contribution in [-0.2, 0) is 16.0 Å². The first kappa shape index (κ1) is 22.7. The SMILES string of the molecule is Cc1ccc(CC(NC(=O)C(=O)Nc2ccccc2C(=O)N(C)C)c2ccccn2)cc1. The molecule has 0 radical (unpaired) electrons. The third-order valence-electron chi connectivity index (χ3n) is 4.93. The zero-order valence-corrected chi connectivity index (χ0v) is 18.3. The summed E-state index contributed by atoms with van der Waals surface area (Å²) in [4.78, 5) is 43.5. The van der Waals surface area contributed by atoms with Crippen LogP contribution in [0.4, 0.5) is 5.69 Å². The number of pyridine rings is 1. The zero-order chi connectivity index (χ0) is 23.1. The summed E-state index contributed by atoms with van der Waals surface area (Å²) < 4.78 is 0. The van der Waals surface area contributed by atoms with Gasteiger partial charge in [0.25, 0.3) is 5.91 Å². The van der Waals surface area contributed by atoms with Gasteiger partial charge in [-0.05, 0) is 43.2 Å². The molecule has 32 heavy (non-hydrogen) atoms. The van der Waals surface area contributed by atoms with Gasteiger partial charge >= 0.3 is 11.8 Å². The molecule has 0 fully saturated rings. The summed E-state index contributed by atoms with van der Waals surface area (Å²) >= 11 is 0. The topological polar surface area (TPSA) is 91.4 Å². The molecule has 1 aromatic heterocycles. The maximum absolute atomic E-state index is 12.7. The van der Waals surface area contributed by atoms with Crippen molar-refractivity contribution in [1.29, 1.82) is 0 Å². The van der Waals surface area contributed by atoms with Crippen LogP contribution < -0.4 is 10.6 Å². The van der Waals surface area contributed by atoms with Crippen molar-refractivity contribution in [1.82, 2.24) is 15.2 Å². The number of anilines is 1. The molecule has 164 valence electrons. The van der Waals surface area contributed by atoms with E-state index in [1.54, 1.807) is 50.6 Å². The number of amides is 3. The number of hydrogen-bond acceptors (Lipinski definition) is 4. The minimum Gasteiger partial charge on any atom is -0.345 e. The van der Waals surface area contributed by atoms with E-state index in [1.165, 1.54) is 4.90 Å². The average molecular weight is 431 g/mol. The number of carbonyl (C=O) groups is 3. The molecule has 2 aromatic carbocycles. The maximum Gasteiger partial charge on any atom is 0.313 e. The molecule has 3 aromatic rings. The van der Waals surface area contributed by atoms with Crippen molar-refractivity contribution >= 4 is 23.4 Å². The molecule has 0 saturated carbocycles. The first-order valence-electron chi connectivity index (χ1n) is 10.2. The van der Waals surface area contributed by atoms with E-state index in [1.807, 2.05) is 43.3 Å². The monoisotopic (exact) mass is 430 g/mol. The summed E-state index contributed by atoms with van der Waals surface area (Å²) in [6.45, 7) is 2.00. The molecule has 3 rings (SSSR count). The summed E-state index contributed by atoms with van der Waals surface area (Å²) in [5, 5.41) is 5.33. The molecule has 1 unspecified atom stereocenters. The predicted octanol–water partition coefficient (Wildman–Crippen LogP) is 3.13. The number of para-hydroxylation sites is 1. The minimum atomic E-state index is -0.853. The second kappa shape index (κ2) is 10.3. The Kier molecular flexibility index (Phi) is 7.33. The van der Waals surface area contributed by atoms with Gasteiger partial charge in [0.1, 0.15) is 0 Å². The van der Waals surface area contributed by atoms with Gasteiger partial charge in [-0.15, -0.1) is 0 Å². The number of carbonyl (C=O) groups excluding carboxylic acids is 3. The van der Waals surface area contributed by atoms with Gasteiger partial charge in [-0.3, -0.25) is 19.4 Å². The molecule has 3 amide bonds. The molecule has 0 spiro atoms. The van der Waals surface area contributed by atoms with E-state index in [2.05, 4.69) is 15.6 Å². The van der Waals surface area contributed by atoms with Crippen LogP contribution >= 0.6 is 0 Å².